The second-order valence-electron chi connectivity index (χ2n) is 6.65. The van der Waals surface area contributed by atoms with Gasteiger partial charge in [0.15, 0.2) is 0 Å². The number of nitrogens with zero attached hydrogens (tertiary/aromatic N) is 6. The van der Waals surface area contributed by atoms with Gasteiger partial charge < -0.3 is 15.1 Å². The Balaban J connectivity index is 1.33. The van der Waals surface area contributed by atoms with Crippen LogP contribution in [-0.2, 0) is 11.2 Å². The van der Waals surface area contributed by atoms with Crippen LogP contribution in [0.4, 0.5) is 15.9 Å². The molecule has 0 saturated carbocycles. The molecule has 11 heteroatoms. The minimum atomic E-state index is -0.373. The van der Waals surface area contributed by atoms with Crippen LogP contribution in [0.3, 0.4) is 0 Å². The zero-order chi connectivity index (χ0) is 20.5. The number of carbonyl (C=O) groups is 2. The Kier molecular flexibility index (Phi) is 7.68. The van der Waals surface area contributed by atoms with Gasteiger partial charge in [-0.2, -0.15) is 0 Å². The number of rotatable bonds is 8. The lowest BCUT2D eigenvalue weighted by Gasteiger charge is -2.34. The molecule has 0 bridgehead atoms. The van der Waals surface area contributed by atoms with Crippen molar-refractivity contribution in [1.29, 1.82) is 0 Å². The average molecular weight is 419 g/mol. The molecule has 3 amide bonds. The second-order valence-corrected chi connectivity index (χ2v) is 7.71. The molecule has 10 nitrogen and oxygen atoms in total. The van der Waals surface area contributed by atoms with Crippen molar-refractivity contribution in [2.45, 2.75) is 32.6 Å². The van der Waals surface area contributed by atoms with E-state index < -0.39 is 0 Å². The van der Waals surface area contributed by atoms with E-state index in [0.29, 0.717) is 37.3 Å². The number of aryl methyl sites for hydroxylation is 1. The van der Waals surface area contributed by atoms with Crippen molar-refractivity contribution in [2.24, 2.45) is 0 Å². The van der Waals surface area contributed by atoms with Gasteiger partial charge in [0.2, 0.25) is 17.0 Å². The number of aromatic nitrogens is 4. The third-order valence-electron chi connectivity index (χ3n) is 4.52. The molecule has 0 spiro atoms. The van der Waals surface area contributed by atoms with Gasteiger partial charge >= 0.3 is 6.03 Å². The molecule has 2 aromatic rings. The quantitative estimate of drug-likeness (QED) is 0.668. The van der Waals surface area contributed by atoms with Crippen molar-refractivity contribution < 1.29 is 9.59 Å². The number of anilines is 2. The van der Waals surface area contributed by atoms with Crippen LogP contribution in [0.2, 0.25) is 0 Å². The van der Waals surface area contributed by atoms with Crippen LogP contribution in [-0.4, -0.2) is 69.7 Å². The SMILES string of the molecule is CCCCc1nnc(NC(=O)NCCC(=O)N2CCN(c3ncccn3)CC2)s1. The van der Waals surface area contributed by atoms with E-state index in [4.69, 9.17) is 0 Å². The lowest BCUT2D eigenvalue weighted by Crippen LogP contribution is -2.49. The first kappa shape index (κ1) is 20.9. The Hall–Kier alpha value is -2.82. The van der Waals surface area contributed by atoms with Gasteiger partial charge in [0.05, 0.1) is 0 Å². The van der Waals surface area contributed by atoms with E-state index >= 15 is 0 Å². The summed E-state index contributed by atoms with van der Waals surface area (Å²) < 4.78 is 0. The number of carbonyl (C=O) groups excluding carboxylic acids is 2. The van der Waals surface area contributed by atoms with E-state index in [1.54, 1.807) is 18.5 Å². The highest BCUT2D eigenvalue weighted by Gasteiger charge is 2.22. The number of hydrogen-bond acceptors (Lipinski definition) is 8. The third-order valence-corrected chi connectivity index (χ3v) is 5.42. The Labute approximate surface area is 173 Å². The number of hydrogen-bond donors (Lipinski definition) is 2. The van der Waals surface area contributed by atoms with E-state index in [9.17, 15) is 9.59 Å². The minimum absolute atomic E-state index is 0.0247. The van der Waals surface area contributed by atoms with Gasteiger partial charge in [0.25, 0.3) is 0 Å². The van der Waals surface area contributed by atoms with Crippen LogP contribution in [0.25, 0.3) is 0 Å². The van der Waals surface area contributed by atoms with Crippen LogP contribution in [0, 0.1) is 0 Å². The molecule has 2 aromatic heterocycles. The first-order valence-corrected chi connectivity index (χ1v) is 10.6. The number of piperazine rings is 1. The Morgan fingerprint density at radius 2 is 1.90 bits per heavy atom. The maximum atomic E-state index is 12.4. The van der Waals surface area contributed by atoms with Gasteiger partial charge in [-0.25, -0.2) is 14.8 Å². The molecule has 1 aliphatic heterocycles. The molecule has 1 fully saturated rings. The molecule has 2 N–H and O–H groups in total. The second kappa shape index (κ2) is 10.6. The Bertz CT molecular complexity index is 792. The fraction of sp³-hybridized carbons (Fsp3) is 0.556. The van der Waals surface area contributed by atoms with E-state index in [2.05, 4.69) is 42.6 Å². The van der Waals surface area contributed by atoms with Gasteiger partial charge in [0, 0.05) is 58.0 Å². The van der Waals surface area contributed by atoms with Crippen molar-refractivity contribution in [3.63, 3.8) is 0 Å². The van der Waals surface area contributed by atoms with E-state index in [-0.39, 0.29) is 24.9 Å². The van der Waals surface area contributed by atoms with Gasteiger partial charge in [-0.05, 0) is 12.5 Å². The molecule has 1 aliphatic rings. The van der Waals surface area contributed by atoms with Gasteiger partial charge in [-0.15, -0.1) is 10.2 Å². The zero-order valence-electron chi connectivity index (χ0n) is 16.5. The summed E-state index contributed by atoms with van der Waals surface area (Å²) in [6.45, 7) is 5.02. The maximum absolute atomic E-state index is 12.4. The summed E-state index contributed by atoms with van der Waals surface area (Å²) in [6.07, 6.45) is 6.69. The fourth-order valence-electron chi connectivity index (χ4n) is 2.93. The number of unbranched alkanes of at least 4 members (excludes halogenated alkanes) is 1. The molecule has 29 heavy (non-hydrogen) atoms. The summed E-state index contributed by atoms with van der Waals surface area (Å²) in [5.41, 5.74) is 0. The third kappa shape index (κ3) is 6.34. The Morgan fingerprint density at radius 1 is 1.14 bits per heavy atom. The highest BCUT2D eigenvalue weighted by molar-refractivity contribution is 7.15. The fourth-order valence-corrected chi connectivity index (χ4v) is 3.70. The minimum Gasteiger partial charge on any atom is -0.339 e. The smallest absolute Gasteiger partial charge is 0.321 e. The topological polar surface area (TPSA) is 116 Å². The van der Waals surface area contributed by atoms with E-state index in [1.807, 2.05) is 4.90 Å². The van der Waals surface area contributed by atoms with Crippen LogP contribution >= 0.6 is 11.3 Å². The number of urea groups is 1. The molecular weight excluding hydrogens is 392 g/mol. The first-order chi connectivity index (χ1) is 14.2. The van der Waals surface area contributed by atoms with Gasteiger partial charge in [-0.1, -0.05) is 24.7 Å². The normalized spacial score (nSPS) is 14.0. The van der Waals surface area contributed by atoms with E-state index in [1.165, 1.54) is 11.3 Å². The molecular formula is C18H26N8O2S. The first-order valence-electron chi connectivity index (χ1n) is 9.82. The summed E-state index contributed by atoms with van der Waals surface area (Å²) in [5, 5.41) is 14.8. The van der Waals surface area contributed by atoms with Crippen molar-refractivity contribution in [3.05, 3.63) is 23.5 Å². The standard InChI is InChI=1S/C18H26N8O2S/c1-2-3-5-14-23-24-18(29-14)22-17(28)21-9-6-15(27)25-10-12-26(13-11-25)16-19-7-4-8-20-16/h4,7-8H,2-3,5-6,9-13H2,1H3,(H2,21,22,24,28). The molecule has 0 unspecified atom stereocenters. The lowest BCUT2D eigenvalue weighted by molar-refractivity contribution is -0.131. The van der Waals surface area contributed by atoms with Gasteiger partial charge in [-0.3, -0.25) is 10.1 Å². The molecule has 3 rings (SSSR count). The molecule has 3 heterocycles. The van der Waals surface area contributed by atoms with Crippen molar-refractivity contribution >= 4 is 34.4 Å². The molecule has 0 radical (unpaired) electrons. The average Bonchev–Trinajstić information content (AvgIpc) is 3.20. The largest absolute Gasteiger partial charge is 0.339 e. The monoisotopic (exact) mass is 418 g/mol. The molecule has 0 aliphatic carbocycles. The van der Waals surface area contributed by atoms with Gasteiger partial charge in [0.1, 0.15) is 5.01 Å². The summed E-state index contributed by atoms with van der Waals surface area (Å²) in [6, 6.07) is 1.41. The highest BCUT2D eigenvalue weighted by atomic mass is 32.1. The maximum Gasteiger partial charge on any atom is 0.321 e. The zero-order valence-corrected chi connectivity index (χ0v) is 17.3. The molecule has 0 atom stereocenters. The summed E-state index contributed by atoms with van der Waals surface area (Å²) in [4.78, 5) is 36.7. The summed E-state index contributed by atoms with van der Waals surface area (Å²) in [7, 11) is 0. The van der Waals surface area contributed by atoms with Crippen LogP contribution in [0.1, 0.15) is 31.2 Å². The predicted molar refractivity (Wildman–Crippen MR) is 111 cm³/mol. The van der Waals surface area contributed by atoms with Crippen molar-refractivity contribution in [3.8, 4) is 0 Å². The predicted octanol–water partition coefficient (Wildman–Crippen LogP) is 1.53. The van der Waals surface area contributed by atoms with Crippen LogP contribution < -0.4 is 15.5 Å². The van der Waals surface area contributed by atoms with Crippen molar-refractivity contribution in [1.82, 2.24) is 30.4 Å². The van der Waals surface area contributed by atoms with E-state index in [0.717, 1.165) is 24.3 Å². The number of nitrogens with one attached hydrogen (secondary N) is 2. The Morgan fingerprint density at radius 3 is 2.62 bits per heavy atom. The molecule has 0 aromatic carbocycles. The van der Waals surface area contributed by atoms with Crippen LogP contribution in [0.5, 0.6) is 0 Å². The van der Waals surface area contributed by atoms with Crippen molar-refractivity contribution in [2.75, 3.05) is 42.9 Å². The highest BCUT2D eigenvalue weighted by Crippen LogP contribution is 2.16. The molecule has 1 saturated heterocycles. The van der Waals surface area contributed by atoms with Crippen LogP contribution in [0.15, 0.2) is 18.5 Å². The number of amides is 3. The summed E-state index contributed by atoms with van der Waals surface area (Å²) >= 11 is 1.38. The molecule has 156 valence electrons. The summed E-state index contributed by atoms with van der Waals surface area (Å²) in [5.74, 6) is 0.712. The lowest BCUT2D eigenvalue weighted by atomic mass is 10.3.